The van der Waals surface area contributed by atoms with Crippen LogP contribution in [0.3, 0.4) is 0 Å². The van der Waals surface area contributed by atoms with E-state index in [1.54, 1.807) is 6.20 Å². The third-order valence-electron chi connectivity index (χ3n) is 2.74. The molecule has 0 spiro atoms. The highest BCUT2D eigenvalue weighted by Crippen LogP contribution is 2.17. The van der Waals surface area contributed by atoms with Gasteiger partial charge in [0.05, 0.1) is 0 Å². The van der Waals surface area contributed by atoms with Gasteiger partial charge in [0, 0.05) is 18.8 Å². The Morgan fingerprint density at radius 1 is 1.18 bits per heavy atom. The number of nitrogens with zero attached hydrogens (tertiary/aromatic N) is 1. The smallest absolute Gasteiger partial charge is 0.126 e. The number of anilines is 1. The van der Waals surface area contributed by atoms with Gasteiger partial charge < -0.3 is 11.1 Å². The quantitative estimate of drug-likeness (QED) is 0.844. The normalized spacial score (nSPS) is 12.1. The van der Waals surface area contributed by atoms with Crippen molar-refractivity contribution in [3.8, 4) is 0 Å². The van der Waals surface area contributed by atoms with Crippen LogP contribution in [0.25, 0.3) is 0 Å². The number of nitrogens with two attached hydrogens (primary N) is 1. The van der Waals surface area contributed by atoms with Crippen molar-refractivity contribution < 1.29 is 0 Å². The van der Waals surface area contributed by atoms with Crippen LogP contribution in [0.2, 0.25) is 0 Å². The lowest BCUT2D eigenvalue weighted by Gasteiger charge is -2.15. The van der Waals surface area contributed by atoms with Crippen LogP contribution < -0.4 is 11.1 Å². The lowest BCUT2D eigenvalue weighted by atomic mass is 10.1. The van der Waals surface area contributed by atoms with Crippen LogP contribution >= 0.6 is 0 Å². The number of aromatic nitrogens is 1. The molecule has 3 heteroatoms. The molecule has 2 rings (SSSR count). The van der Waals surface area contributed by atoms with Gasteiger partial charge in [0.1, 0.15) is 5.82 Å². The molecule has 0 aliphatic heterocycles. The minimum atomic E-state index is 0.233. The molecular formula is C14H17N3. The fourth-order valence-corrected chi connectivity index (χ4v) is 1.70. The zero-order chi connectivity index (χ0) is 12.1. The summed E-state index contributed by atoms with van der Waals surface area (Å²) in [6.07, 6.45) is 1.78. The second-order valence-electron chi connectivity index (χ2n) is 4.03. The van der Waals surface area contributed by atoms with Gasteiger partial charge in [-0.15, -0.1) is 0 Å². The van der Waals surface area contributed by atoms with Crippen molar-refractivity contribution in [2.24, 2.45) is 5.73 Å². The summed E-state index contributed by atoms with van der Waals surface area (Å²) >= 11 is 0. The second-order valence-corrected chi connectivity index (χ2v) is 4.03. The van der Waals surface area contributed by atoms with Crippen LogP contribution in [-0.2, 0) is 6.54 Å². The predicted octanol–water partition coefficient (Wildman–Crippen LogP) is 2.71. The van der Waals surface area contributed by atoms with Crippen molar-refractivity contribution in [3.05, 3.63) is 59.8 Å². The van der Waals surface area contributed by atoms with Gasteiger partial charge in [0.15, 0.2) is 0 Å². The molecule has 88 valence electrons. The minimum Gasteiger partial charge on any atom is -0.364 e. The average molecular weight is 227 g/mol. The van der Waals surface area contributed by atoms with E-state index in [-0.39, 0.29) is 6.04 Å². The monoisotopic (exact) mass is 227 g/mol. The lowest BCUT2D eigenvalue weighted by Crippen LogP contribution is -2.08. The molecular weight excluding hydrogens is 210 g/mol. The summed E-state index contributed by atoms with van der Waals surface area (Å²) in [5.74, 6) is 0.892. The summed E-state index contributed by atoms with van der Waals surface area (Å²) in [4.78, 5) is 4.25. The first-order chi connectivity index (χ1) is 8.29. The molecule has 0 radical (unpaired) electrons. The molecule has 0 aliphatic rings. The molecule has 0 fully saturated rings. The van der Waals surface area contributed by atoms with Gasteiger partial charge in [-0.1, -0.05) is 30.3 Å². The Balaban J connectivity index is 2.06. The third kappa shape index (κ3) is 3.04. The van der Waals surface area contributed by atoms with E-state index < -0.39 is 0 Å². The SMILES string of the molecule is CC(Nc1ccccn1)c1ccc(CN)cc1. The number of pyridine rings is 1. The zero-order valence-corrected chi connectivity index (χ0v) is 9.93. The highest BCUT2D eigenvalue weighted by atomic mass is 15.0. The minimum absolute atomic E-state index is 0.233. The van der Waals surface area contributed by atoms with Crippen LogP contribution in [0.1, 0.15) is 24.1 Å². The van der Waals surface area contributed by atoms with Crippen molar-refractivity contribution in [3.63, 3.8) is 0 Å². The summed E-state index contributed by atoms with van der Waals surface area (Å²) in [7, 11) is 0. The summed E-state index contributed by atoms with van der Waals surface area (Å²) in [5, 5.41) is 3.35. The lowest BCUT2D eigenvalue weighted by molar-refractivity contribution is 0.872. The second kappa shape index (κ2) is 5.46. The van der Waals surface area contributed by atoms with Crippen LogP contribution in [0.5, 0.6) is 0 Å². The van der Waals surface area contributed by atoms with Gasteiger partial charge in [0.25, 0.3) is 0 Å². The maximum Gasteiger partial charge on any atom is 0.126 e. The predicted molar refractivity (Wildman–Crippen MR) is 70.6 cm³/mol. The molecule has 1 aromatic heterocycles. The maximum atomic E-state index is 5.57. The van der Waals surface area contributed by atoms with Gasteiger partial charge in [-0.25, -0.2) is 4.98 Å². The Morgan fingerprint density at radius 3 is 2.53 bits per heavy atom. The molecule has 0 saturated heterocycles. The number of benzene rings is 1. The number of hydrogen-bond acceptors (Lipinski definition) is 3. The Hall–Kier alpha value is -1.87. The van der Waals surface area contributed by atoms with E-state index in [0.29, 0.717) is 6.54 Å². The molecule has 1 heterocycles. The van der Waals surface area contributed by atoms with E-state index >= 15 is 0 Å². The van der Waals surface area contributed by atoms with Crippen LogP contribution in [0.4, 0.5) is 5.82 Å². The summed E-state index contributed by atoms with van der Waals surface area (Å²) in [6.45, 7) is 2.70. The largest absolute Gasteiger partial charge is 0.364 e. The molecule has 1 unspecified atom stereocenters. The Labute approximate surface area is 102 Å². The third-order valence-corrected chi connectivity index (χ3v) is 2.74. The van der Waals surface area contributed by atoms with E-state index in [9.17, 15) is 0 Å². The molecule has 0 bridgehead atoms. The number of nitrogens with one attached hydrogen (secondary N) is 1. The Bertz CT molecular complexity index is 451. The van der Waals surface area contributed by atoms with Crippen molar-refractivity contribution in [1.82, 2.24) is 4.98 Å². The topological polar surface area (TPSA) is 50.9 Å². The standard InChI is InChI=1S/C14H17N3/c1-11(17-14-4-2-3-9-16-14)13-7-5-12(10-15)6-8-13/h2-9,11H,10,15H2,1H3,(H,16,17). The molecule has 0 saturated carbocycles. The van der Waals surface area contributed by atoms with Gasteiger partial charge in [-0.3, -0.25) is 0 Å². The fraction of sp³-hybridized carbons (Fsp3) is 0.214. The molecule has 1 aromatic carbocycles. The molecule has 17 heavy (non-hydrogen) atoms. The van der Waals surface area contributed by atoms with Crippen molar-refractivity contribution in [1.29, 1.82) is 0 Å². The highest BCUT2D eigenvalue weighted by Gasteiger charge is 2.05. The molecule has 0 aliphatic carbocycles. The first-order valence-corrected chi connectivity index (χ1v) is 5.76. The summed E-state index contributed by atoms with van der Waals surface area (Å²) < 4.78 is 0. The van der Waals surface area contributed by atoms with Gasteiger partial charge >= 0.3 is 0 Å². The zero-order valence-electron chi connectivity index (χ0n) is 9.93. The number of hydrogen-bond donors (Lipinski definition) is 2. The Morgan fingerprint density at radius 2 is 1.94 bits per heavy atom. The fourth-order valence-electron chi connectivity index (χ4n) is 1.70. The van der Waals surface area contributed by atoms with Gasteiger partial charge in [0.2, 0.25) is 0 Å². The first kappa shape index (κ1) is 11.6. The van der Waals surface area contributed by atoms with Crippen molar-refractivity contribution >= 4 is 5.82 Å². The van der Waals surface area contributed by atoms with Crippen molar-refractivity contribution in [2.75, 3.05) is 5.32 Å². The average Bonchev–Trinajstić information content (AvgIpc) is 2.40. The molecule has 1 atom stereocenters. The summed E-state index contributed by atoms with van der Waals surface area (Å²) in [6, 6.07) is 14.4. The summed E-state index contributed by atoms with van der Waals surface area (Å²) in [5.41, 5.74) is 7.96. The molecule has 3 nitrogen and oxygen atoms in total. The van der Waals surface area contributed by atoms with E-state index in [1.807, 2.05) is 18.2 Å². The van der Waals surface area contributed by atoms with E-state index in [4.69, 9.17) is 5.73 Å². The Kier molecular flexibility index (Phi) is 3.73. The van der Waals surface area contributed by atoms with E-state index in [0.717, 1.165) is 11.4 Å². The molecule has 3 N–H and O–H groups in total. The van der Waals surface area contributed by atoms with E-state index in [1.165, 1.54) is 5.56 Å². The van der Waals surface area contributed by atoms with Crippen LogP contribution in [-0.4, -0.2) is 4.98 Å². The van der Waals surface area contributed by atoms with Gasteiger partial charge in [-0.05, 0) is 30.2 Å². The highest BCUT2D eigenvalue weighted by molar-refractivity contribution is 5.38. The van der Waals surface area contributed by atoms with Crippen molar-refractivity contribution in [2.45, 2.75) is 19.5 Å². The van der Waals surface area contributed by atoms with Crippen LogP contribution in [0, 0.1) is 0 Å². The first-order valence-electron chi connectivity index (χ1n) is 5.76. The van der Waals surface area contributed by atoms with E-state index in [2.05, 4.69) is 41.5 Å². The molecule has 2 aromatic rings. The molecule has 0 amide bonds. The maximum absolute atomic E-state index is 5.57. The number of rotatable bonds is 4. The van der Waals surface area contributed by atoms with Crippen LogP contribution in [0.15, 0.2) is 48.7 Å². The van der Waals surface area contributed by atoms with Gasteiger partial charge in [-0.2, -0.15) is 0 Å².